The number of halogens is 1. The van der Waals surface area contributed by atoms with Crippen LogP contribution in [-0.4, -0.2) is 42.8 Å². The van der Waals surface area contributed by atoms with E-state index in [-0.39, 0.29) is 34.2 Å². The lowest BCUT2D eigenvalue weighted by Crippen LogP contribution is -2.24. The fourth-order valence-corrected chi connectivity index (χ4v) is 2.70. The van der Waals surface area contributed by atoms with Gasteiger partial charge in [-0.15, -0.1) is 0 Å². The second kappa shape index (κ2) is 10.2. The molecule has 1 N–H and O–H groups in total. The van der Waals surface area contributed by atoms with E-state index in [0.717, 1.165) is 0 Å². The van der Waals surface area contributed by atoms with Crippen molar-refractivity contribution in [3.8, 4) is 17.2 Å². The number of non-ortho nitro benzene ring substituents is 1. The largest absolute Gasteiger partial charge is 0.496 e. The lowest BCUT2D eigenvalue weighted by molar-refractivity contribution is -0.385. The normalized spacial score (nSPS) is 10.5. The molecule has 158 valence electrons. The maximum absolute atomic E-state index is 11.9. The smallest absolute Gasteiger partial charge is 0.311 e. The minimum absolute atomic E-state index is 0.0140. The first-order valence-corrected chi connectivity index (χ1v) is 8.85. The molecule has 12 nitrogen and oxygen atoms in total. The molecule has 1 amide bonds. The van der Waals surface area contributed by atoms with Gasteiger partial charge in [0.2, 0.25) is 5.75 Å². The fraction of sp³-hybridized carbons (Fsp3) is 0.176. The highest BCUT2D eigenvalue weighted by Crippen LogP contribution is 2.33. The molecule has 30 heavy (non-hydrogen) atoms. The first-order chi connectivity index (χ1) is 14.3. The molecule has 0 fully saturated rings. The lowest BCUT2D eigenvalue weighted by Gasteiger charge is -2.08. The highest BCUT2D eigenvalue weighted by atomic mass is 79.9. The summed E-state index contributed by atoms with van der Waals surface area (Å²) >= 11 is 3.12. The number of nitro groups is 2. The van der Waals surface area contributed by atoms with Gasteiger partial charge in [-0.2, -0.15) is 5.10 Å². The maximum Gasteiger partial charge on any atom is 0.311 e. The Balaban J connectivity index is 2.03. The second-order valence-corrected chi connectivity index (χ2v) is 6.33. The predicted octanol–water partition coefficient (Wildman–Crippen LogP) is 2.81. The summed E-state index contributed by atoms with van der Waals surface area (Å²) in [7, 11) is 2.66. The summed E-state index contributed by atoms with van der Waals surface area (Å²) in [5.74, 6) is -0.132. The van der Waals surface area contributed by atoms with Crippen LogP contribution >= 0.6 is 15.9 Å². The number of hydrogen-bond acceptors (Lipinski definition) is 9. The van der Waals surface area contributed by atoms with E-state index in [4.69, 9.17) is 14.2 Å². The number of carbonyl (C=O) groups is 1. The number of nitrogens with one attached hydrogen (secondary N) is 1. The van der Waals surface area contributed by atoms with Crippen molar-refractivity contribution in [2.24, 2.45) is 5.10 Å². The van der Waals surface area contributed by atoms with Crippen molar-refractivity contribution in [3.05, 3.63) is 60.6 Å². The highest BCUT2D eigenvalue weighted by Gasteiger charge is 2.19. The quantitative estimate of drug-likeness (QED) is 0.324. The molecule has 0 atom stereocenters. The third kappa shape index (κ3) is 5.64. The van der Waals surface area contributed by atoms with Crippen LogP contribution in [0.1, 0.15) is 5.56 Å². The van der Waals surface area contributed by atoms with E-state index in [1.165, 1.54) is 50.8 Å². The number of hydrogen-bond donors (Lipinski definition) is 1. The Labute approximate surface area is 177 Å². The summed E-state index contributed by atoms with van der Waals surface area (Å²) in [6.45, 7) is -0.423. The molecule has 0 heterocycles. The molecule has 0 radical (unpaired) electrons. The molecule has 0 saturated heterocycles. The van der Waals surface area contributed by atoms with Crippen LogP contribution in [0.25, 0.3) is 0 Å². The van der Waals surface area contributed by atoms with Crippen molar-refractivity contribution in [3.63, 3.8) is 0 Å². The molecule has 0 spiro atoms. The summed E-state index contributed by atoms with van der Waals surface area (Å²) in [5, 5.41) is 25.6. The molecule has 0 bridgehead atoms. The fourth-order valence-electron chi connectivity index (χ4n) is 2.22. The minimum atomic E-state index is -0.626. The lowest BCUT2D eigenvalue weighted by atomic mass is 10.1. The van der Waals surface area contributed by atoms with Gasteiger partial charge >= 0.3 is 5.69 Å². The van der Waals surface area contributed by atoms with Crippen LogP contribution in [0.2, 0.25) is 0 Å². The van der Waals surface area contributed by atoms with E-state index >= 15 is 0 Å². The topological polar surface area (TPSA) is 155 Å². The Morgan fingerprint density at radius 2 is 1.80 bits per heavy atom. The third-order valence-electron chi connectivity index (χ3n) is 3.61. The van der Waals surface area contributed by atoms with Gasteiger partial charge in [-0.1, -0.05) is 0 Å². The Morgan fingerprint density at radius 1 is 1.10 bits per heavy atom. The van der Waals surface area contributed by atoms with Gasteiger partial charge in [-0.05, 0) is 22.0 Å². The van der Waals surface area contributed by atoms with Gasteiger partial charge in [0.1, 0.15) is 11.5 Å². The van der Waals surface area contributed by atoms with Crippen molar-refractivity contribution in [2.45, 2.75) is 0 Å². The van der Waals surface area contributed by atoms with Gasteiger partial charge < -0.3 is 14.2 Å². The molecule has 2 aromatic rings. The number of nitrogens with zero attached hydrogens (tertiary/aromatic N) is 3. The molecule has 0 aliphatic rings. The number of benzene rings is 2. The summed E-state index contributed by atoms with van der Waals surface area (Å²) in [6.07, 6.45) is 1.17. The number of amides is 1. The van der Waals surface area contributed by atoms with Crippen LogP contribution in [0.4, 0.5) is 11.4 Å². The van der Waals surface area contributed by atoms with Crippen molar-refractivity contribution in [1.82, 2.24) is 5.43 Å². The van der Waals surface area contributed by atoms with Gasteiger partial charge in [-0.3, -0.25) is 25.0 Å². The maximum atomic E-state index is 11.9. The Hall–Kier alpha value is -3.74. The number of rotatable bonds is 9. The van der Waals surface area contributed by atoms with Gasteiger partial charge in [0.05, 0.1) is 34.8 Å². The average Bonchev–Trinajstić information content (AvgIpc) is 2.72. The molecular formula is C17H15BrN4O8. The van der Waals surface area contributed by atoms with E-state index in [9.17, 15) is 25.0 Å². The van der Waals surface area contributed by atoms with E-state index in [0.29, 0.717) is 4.47 Å². The van der Waals surface area contributed by atoms with Gasteiger partial charge in [0, 0.05) is 29.8 Å². The predicted molar refractivity (Wildman–Crippen MR) is 108 cm³/mol. The third-order valence-corrected chi connectivity index (χ3v) is 4.23. The van der Waals surface area contributed by atoms with Gasteiger partial charge in [-0.25, -0.2) is 5.43 Å². The Kier molecular flexibility index (Phi) is 7.63. The SMILES string of the molecule is COc1cc(OC)c([N+](=O)[O-])cc1/C=N\NC(=O)COc1ccc([N+](=O)[O-])cc1Br. The van der Waals surface area contributed by atoms with Crippen molar-refractivity contribution < 1.29 is 28.9 Å². The monoisotopic (exact) mass is 482 g/mol. The number of nitro benzene ring substituents is 2. The number of carbonyl (C=O) groups excluding carboxylic acids is 1. The Bertz CT molecular complexity index is 1010. The number of methoxy groups -OCH3 is 2. The van der Waals surface area contributed by atoms with Gasteiger partial charge in [0.25, 0.3) is 11.6 Å². The number of ether oxygens (including phenoxy) is 3. The molecule has 0 aromatic heterocycles. The second-order valence-electron chi connectivity index (χ2n) is 5.48. The van der Waals surface area contributed by atoms with Crippen LogP contribution in [0.15, 0.2) is 39.9 Å². The molecule has 13 heteroatoms. The molecule has 2 aromatic carbocycles. The molecule has 0 aliphatic carbocycles. The van der Waals surface area contributed by atoms with E-state index < -0.39 is 22.4 Å². The van der Waals surface area contributed by atoms with E-state index in [2.05, 4.69) is 26.5 Å². The van der Waals surface area contributed by atoms with Crippen LogP contribution in [0, 0.1) is 20.2 Å². The summed E-state index contributed by atoms with van der Waals surface area (Å²) < 4.78 is 15.7. The summed E-state index contributed by atoms with van der Waals surface area (Å²) in [5.41, 5.74) is 2.02. The molecule has 0 saturated carbocycles. The molecule has 0 aliphatic heterocycles. The standard InChI is InChI=1S/C17H15BrN4O8/c1-28-15-7-16(29-2)13(22(26)27)5-10(15)8-19-20-17(23)9-30-14-4-3-11(21(24)25)6-12(14)18/h3-8H,9H2,1-2H3,(H,20,23)/b19-8-. The zero-order valence-corrected chi connectivity index (χ0v) is 17.2. The first-order valence-electron chi connectivity index (χ1n) is 8.05. The molecule has 0 unspecified atom stereocenters. The van der Waals surface area contributed by atoms with Crippen LogP contribution < -0.4 is 19.6 Å². The highest BCUT2D eigenvalue weighted by molar-refractivity contribution is 9.10. The number of hydrazone groups is 1. The minimum Gasteiger partial charge on any atom is -0.496 e. The average molecular weight is 483 g/mol. The van der Waals surface area contributed by atoms with E-state index in [1.807, 2.05) is 0 Å². The molecular weight excluding hydrogens is 468 g/mol. The zero-order valence-electron chi connectivity index (χ0n) is 15.7. The molecule has 2 rings (SSSR count). The van der Waals surface area contributed by atoms with Crippen LogP contribution in [0.5, 0.6) is 17.2 Å². The summed E-state index contributed by atoms with van der Waals surface area (Å²) in [6, 6.07) is 6.35. The van der Waals surface area contributed by atoms with E-state index in [1.54, 1.807) is 0 Å². The van der Waals surface area contributed by atoms with Crippen molar-refractivity contribution in [1.29, 1.82) is 0 Å². The Morgan fingerprint density at radius 3 is 2.37 bits per heavy atom. The van der Waals surface area contributed by atoms with Crippen LogP contribution in [0.3, 0.4) is 0 Å². The van der Waals surface area contributed by atoms with Crippen molar-refractivity contribution >= 4 is 39.4 Å². The van der Waals surface area contributed by atoms with Crippen molar-refractivity contribution in [2.75, 3.05) is 20.8 Å². The van der Waals surface area contributed by atoms with Gasteiger partial charge in [0.15, 0.2) is 6.61 Å². The van der Waals surface area contributed by atoms with Crippen LogP contribution in [-0.2, 0) is 4.79 Å². The summed E-state index contributed by atoms with van der Waals surface area (Å²) in [4.78, 5) is 32.6. The first kappa shape index (κ1) is 22.5. The zero-order chi connectivity index (χ0) is 22.3.